The van der Waals surface area contributed by atoms with Gasteiger partial charge in [0, 0.05) is 6.42 Å². The van der Waals surface area contributed by atoms with E-state index in [-0.39, 0.29) is 12.1 Å². The Labute approximate surface area is 204 Å². The molecular weight excluding hydrogens is 430 g/mol. The van der Waals surface area contributed by atoms with Crippen LogP contribution >= 0.6 is 0 Å². The highest BCUT2D eigenvalue weighted by Gasteiger charge is 2.33. The van der Waals surface area contributed by atoms with Gasteiger partial charge in [-0.2, -0.15) is 0 Å². The molecule has 178 valence electrons. The molecule has 2 aromatic rings. The molecule has 1 aliphatic rings. The lowest BCUT2D eigenvalue weighted by molar-refractivity contribution is -0.142. The minimum Gasteiger partial charge on any atom is -0.467 e. The van der Waals surface area contributed by atoms with Gasteiger partial charge in [-0.15, -0.1) is 0 Å². The van der Waals surface area contributed by atoms with Crippen molar-refractivity contribution in [2.75, 3.05) is 13.7 Å². The maximum Gasteiger partial charge on any atom is 0.328 e. The highest BCUT2D eigenvalue weighted by atomic mass is 16.6. The summed E-state index contributed by atoms with van der Waals surface area (Å²) in [5.74, 6) is -1.75. The number of esters is 1. The van der Waals surface area contributed by atoms with Gasteiger partial charge in [-0.3, -0.25) is 9.59 Å². The van der Waals surface area contributed by atoms with Crippen LogP contribution in [0.3, 0.4) is 0 Å². The number of hydrogen-bond acceptors (Lipinski definition) is 5. The van der Waals surface area contributed by atoms with Gasteiger partial charge >= 0.3 is 5.97 Å². The minimum absolute atomic E-state index is 0.00935. The molecule has 0 aromatic heterocycles. The van der Waals surface area contributed by atoms with Gasteiger partial charge in [-0.05, 0) is 24.5 Å². The van der Waals surface area contributed by atoms with Crippen molar-refractivity contribution in [3.05, 3.63) is 71.3 Å². The Bertz CT molecular complexity index is 890. The van der Waals surface area contributed by atoms with Crippen LogP contribution in [0.2, 0.25) is 0 Å². The first-order chi connectivity index (χ1) is 16.3. The van der Waals surface area contributed by atoms with Gasteiger partial charge in [0.15, 0.2) is 11.6 Å². The van der Waals surface area contributed by atoms with Crippen molar-refractivity contribution in [1.82, 2.24) is 10.6 Å². The molecule has 1 aliphatic heterocycles. The summed E-state index contributed by atoms with van der Waals surface area (Å²) in [6.07, 6.45) is 1.24. The van der Waals surface area contributed by atoms with E-state index in [1.807, 2.05) is 75.4 Å². The summed E-state index contributed by atoms with van der Waals surface area (Å²) in [5, 5.41) is 5.06. The molecular formula is C25H32B2N2O5. The monoisotopic (exact) mass is 462 g/mol. The van der Waals surface area contributed by atoms with Crippen LogP contribution in [0.4, 0.5) is 9.59 Å². The van der Waals surface area contributed by atoms with E-state index < -0.39 is 23.6 Å². The molecule has 1 heterocycles. The molecule has 9 heteroatoms. The maximum absolute atomic E-state index is 11.4. The number of ether oxygens (including phenoxy) is 2. The van der Waals surface area contributed by atoms with Crippen LogP contribution in [0, 0.1) is 6.92 Å². The Morgan fingerprint density at radius 1 is 0.941 bits per heavy atom. The minimum atomic E-state index is -0.750. The van der Waals surface area contributed by atoms with Crippen LogP contribution in [-0.4, -0.2) is 65.2 Å². The molecule has 7 nitrogen and oxygen atoms in total. The molecule has 0 saturated carbocycles. The van der Waals surface area contributed by atoms with E-state index in [4.69, 9.17) is 20.4 Å². The fraction of sp³-hybridized carbons (Fsp3) is 0.400. The smallest absolute Gasteiger partial charge is 0.328 e. The number of carbonyl (C=O) groups is 3. The zero-order valence-corrected chi connectivity index (χ0v) is 20.2. The van der Waals surface area contributed by atoms with Crippen molar-refractivity contribution in [1.29, 1.82) is 0 Å². The van der Waals surface area contributed by atoms with Gasteiger partial charge in [-0.1, -0.05) is 74.0 Å². The largest absolute Gasteiger partial charge is 0.467 e. The Morgan fingerprint density at radius 2 is 1.47 bits per heavy atom. The average molecular weight is 462 g/mol. The summed E-state index contributed by atoms with van der Waals surface area (Å²) in [4.78, 5) is 33.0. The lowest BCUT2D eigenvalue weighted by Crippen LogP contribution is -2.42. The first-order valence-electron chi connectivity index (χ1n) is 11.2. The normalized spacial score (nSPS) is 15.1. The second-order valence-electron chi connectivity index (χ2n) is 7.45. The number of rotatable bonds is 8. The quantitative estimate of drug-likeness (QED) is 0.358. The molecule has 3 atom stereocenters. The standard InChI is InChI=1S/C12H14BNO3.C11H12BNO2.C2H6/c1-8-3-5-9(6-4-8)7-10(11(15)17-2)14-12(13)16;12-11(14)13-9(10-7-15-10)6-8-4-2-1-3-5-8;1-2/h3-6,10H,7H2,1-2H3,(H,14,16);1-5,9-10H,6-7H2,(H,13,14);1-2H3/t;9?,10-;/m.1./s1. The van der Waals surface area contributed by atoms with Crippen molar-refractivity contribution in [2.45, 2.75) is 51.8 Å². The molecule has 0 bridgehead atoms. The van der Waals surface area contributed by atoms with E-state index in [1.54, 1.807) is 0 Å². The van der Waals surface area contributed by atoms with E-state index in [9.17, 15) is 14.4 Å². The second kappa shape index (κ2) is 15.7. The Balaban J connectivity index is 0.000000318. The first-order valence-corrected chi connectivity index (χ1v) is 11.2. The molecule has 2 aromatic carbocycles. The van der Waals surface area contributed by atoms with Crippen LogP contribution in [0.15, 0.2) is 54.6 Å². The number of carbonyl (C=O) groups excluding carboxylic acids is 3. The third kappa shape index (κ3) is 11.7. The van der Waals surface area contributed by atoms with Gasteiger partial charge in [-0.25, -0.2) is 4.79 Å². The molecule has 0 spiro atoms. The van der Waals surface area contributed by atoms with Crippen LogP contribution in [0.1, 0.15) is 30.5 Å². The Hall–Kier alpha value is -3.06. The van der Waals surface area contributed by atoms with Crippen molar-refractivity contribution in [2.24, 2.45) is 0 Å². The fourth-order valence-electron chi connectivity index (χ4n) is 3.08. The summed E-state index contributed by atoms with van der Waals surface area (Å²) in [6, 6.07) is 16.9. The molecule has 1 saturated heterocycles. The predicted molar refractivity (Wildman–Crippen MR) is 134 cm³/mol. The van der Waals surface area contributed by atoms with Gasteiger partial charge in [0.2, 0.25) is 15.7 Å². The predicted octanol–water partition coefficient (Wildman–Crippen LogP) is 2.86. The summed E-state index contributed by atoms with van der Waals surface area (Å²) in [7, 11) is 11.4. The number of epoxide rings is 1. The molecule has 34 heavy (non-hydrogen) atoms. The fourth-order valence-corrected chi connectivity index (χ4v) is 3.08. The Kier molecular flexibility index (Phi) is 13.4. The molecule has 1 fully saturated rings. The number of amides is 2. The van der Waals surface area contributed by atoms with E-state index in [1.165, 1.54) is 12.7 Å². The number of aryl methyl sites for hydroxylation is 1. The van der Waals surface area contributed by atoms with Crippen molar-refractivity contribution in [3.63, 3.8) is 0 Å². The lowest BCUT2D eigenvalue weighted by atomic mass is 10.0. The number of nitrogens with one attached hydrogen (secondary N) is 2. The van der Waals surface area contributed by atoms with Crippen molar-refractivity contribution in [3.8, 4) is 0 Å². The molecule has 2 amide bonds. The van der Waals surface area contributed by atoms with Gasteiger partial charge < -0.3 is 20.1 Å². The average Bonchev–Trinajstić information content (AvgIpc) is 3.67. The molecule has 4 radical (unpaired) electrons. The van der Waals surface area contributed by atoms with Crippen LogP contribution in [-0.2, 0) is 27.1 Å². The van der Waals surface area contributed by atoms with Crippen LogP contribution < -0.4 is 10.6 Å². The van der Waals surface area contributed by atoms with Gasteiger partial charge in [0.25, 0.3) is 0 Å². The number of benzene rings is 2. The van der Waals surface area contributed by atoms with E-state index in [2.05, 4.69) is 15.4 Å². The zero-order valence-electron chi connectivity index (χ0n) is 20.2. The Morgan fingerprint density at radius 3 is 1.94 bits per heavy atom. The van der Waals surface area contributed by atoms with Crippen molar-refractivity contribution >= 4 is 33.3 Å². The summed E-state index contributed by atoms with van der Waals surface area (Å²) in [6.45, 7) is 6.68. The molecule has 2 N–H and O–H groups in total. The molecule has 0 aliphatic carbocycles. The highest BCUT2D eigenvalue weighted by molar-refractivity contribution is 6.57. The zero-order chi connectivity index (χ0) is 25.5. The maximum atomic E-state index is 11.4. The number of methoxy groups -OCH3 is 1. The highest BCUT2D eigenvalue weighted by Crippen LogP contribution is 2.18. The van der Waals surface area contributed by atoms with Gasteiger partial charge in [0.1, 0.15) is 12.1 Å². The van der Waals surface area contributed by atoms with Crippen LogP contribution in [0.25, 0.3) is 0 Å². The second-order valence-corrected chi connectivity index (χ2v) is 7.45. The van der Waals surface area contributed by atoms with Crippen molar-refractivity contribution < 1.29 is 23.9 Å². The van der Waals surface area contributed by atoms with Gasteiger partial charge in [0.05, 0.1) is 19.8 Å². The SMILES string of the molecule is CC.[B]C(=O)NC(Cc1ccc(C)cc1)C(=O)OC.[B]C(=O)NC(Cc1ccccc1)[C@H]1CO1. The van der Waals surface area contributed by atoms with E-state index in [0.717, 1.165) is 17.5 Å². The van der Waals surface area contributed by atoms with E-state index in [0.29, 0.717) is 13.0 Å². The summed E-state index contributed by atoms with van der Waals surface area (Å²) in [5.41, 5.74) is 3.23. The lowest BCUT2D eigenvalue weighted by Gasteiger charge is -2.15. The number of hydrogen-bond donors (Lipinski definition) is 2. The van der Waals surface area contributed by atoms with Crippen LogP contribution in [0.5, 0.6) is 0 Å². The molecule has 2 unspecified atom stereocenters. The summed E-state index contributed by atoms with van der Waals surface area (Å²) < 4.78 is 9.77. The van der Waals surface area contributed by atoms with E-state index >= 15 is 0 Å². The summed E-state index contributed by atoms with van der Waals surface area (Å²) >= 11 is 0. The first kappa shape index (κ1) is 29.0. The third-order valence-electron chi connectivity index (χ3n) is 4.80. The topological polar surface area (TPSA) is 97.0 Å². The molecule has 3 rings (SSSR count). The third-order valence-corrected chi connectivity index (χ3v) is 4.80.